The van der Waals surface area contributed by atoms with Crippen molar-refractivity contribution in [1.29, 1.82) is 0 Å². The Labute approximate surface area is 114 Å². The molecule has 5 heteroatoms. The van der Waals surface area contributed by atoms with Gasteiger partial charge in [-0.15, -0.1) is 0 Å². The highest BCUT2D eigenvalue weighted by Crippen LogP contribution is 2.23. The zero-order valence-corrected chi connectivity index (χ0v) is 12.0. The van der Waals surface area contributed by atoms with Crippen molar-refractivity contribution in [3.63, 3.8) is 0 Å². The third-order valence-electron chi connectivity index (χ3n) is 3.90. The zero-order valence-electron chi connectivity index (χ0n) is 12.0. The lowest BCUT2D eigenvalue weighted by Gasteiger charge is -2.42. The molecule has 108 valence electrons. The number of nitrogens with one attached hydrogen (secondary N) is 1. The minimum Gasteiger partial charge on any atom is -0.379 e. The fourth-order valence-corrected chi connectivity index (χ4v) is 2.98. The number of rotatable bonds is 4. The number of ether oxygens (including phenoxy) is 1. The zero-order chi connectivity index (χ0) is 14.0. The van der Waals surface area contributed by atoms with E-state index in [1.807, 2.05) is 6.92 Å². The van der Waals surface area contributed by atoms with Crippen LogP contribution in [0.2, 0.25) is 0 Å². The molecule has 0 aromatic carbocycles. The normalized spacial score (nSPS) is 32.0. The molecule has 0 bridgehead atoms. The van der Waals surface area contributed by atoms with Crippen LogP contribution in [0.25, 0.3) is 0 Å². The van der Waals surface area contributed by atoms with Gasteiger partial charge in [0.2, 0.25) is 11.8 Å². The average Bonchev–Trinajstić information content (AvgIpc) is 2.85. The number of amides is 2. The van der Waals surface area contributed by atoms with Gasteiger partial charge in [-0.1, -0.05) is 20.8 Å². The van der Waals surface area contributed by atoms with Crippen LogP contribution in [0.3, 0.4) is 0 Å². The van der Waals surface area contributed by atoms with E-state index in [1.165, 1.54) is 0 Å². The summed E-state index contributed by atoms with van der Waals surface area (Å²) in [6, 6.07) is -0.628. The molecule has 2 amide bonds. The molecule has 5 nitrogen and oxygen atoms in total. The van der Waals surface area contributed by atoms with Crippen LogP contribution < -0.4 is 5.32 Å². The number of nitrogens with zero attached hydrogens (tertiary/aromatic N) is 1. The molecule has 2 fully saturated rings. The van der Waals surface area contributed by atoms with E-state index in [1.54, 1.807) is 4.90 Å². The number of carbonyl (C=O) groups excluding carboxylic acids is 2. The predicted molar refractivity (Wildman–Crippen MR) is 71.5 cm³/mol. The quantitative estimate of drug-likeness (QED) is 0.825. The molecule has 3 unspecified atom stereocenters. The van der Waals surface area contributed by atoms with Crippen LogP contribution in [0, 0.1) is 5.92 Å². The maximum Gasteiger partial charge on any atom is 0.246 e. The first-order valence-electron chi connectivity index (χ1n) is 7.24. The first-order chi connectivity index (χ1) is 9.04. The minimum atomic E-state index is -0.365. The molecule has 1 N–H and O–H groups in total. The van der Waals surface area contributed by atoms with Gasteiger partial charge in [-0.3, -0.25) is 9.59 Å². The van der Waals surface area contributed by atoms with E-state index < -0.39 is 0 Å². The number of hydrogen-bond donors (Lipinski definition) is 1. The van der Waals surface area contributed by atoms with Crippen molar-refractivity contribution in [2.45, 2.75) is 58.2 Å². The molecule has 0 aromatic rings. The van der Waals surface area contributed by atoms with E-state index in [2.05, 4.69) is 19.2 Å². The summed E-state index contributed by atoms with van der Waals surface area (Å²) >= 11 is 0. The predicted octanol–water partition coefficient (Wildman–Crippen LogP) is 0.927. The largest absolute Gasteiger partial charge is 0.379 e. The lowest BCUT2D eigenvalue weighted by Crippen LogP contribution is -2.65. The van der Waals surface area contributed by atoms with Crippen LogP contribution in [0.4, 0.5) is 0 Å². The molecule has 3 atom stereocenters. The Morgan fingerprint density at radius 2 is 2.16 bits per heavy atom. The third kappa shape index (κ3) is 2.91. The van der Waals surface area contributed by atoms with Gasteiger partial charge in [-0.25, -0.2) is 0 Å². The van der Waals surface area contributed by atoms with Crippen LogP contribution >= 0.6 is 0 Å². The van der Waals surface area contributed by atoms with Crippen molar-refractivity contribution in [2.75, 3.05) is 13.2 Å². The van der Waals surface area contributed by atoms with E-state index in [0.29, 0.717) is 32.0 Å². The monoisotopic (exact) mass is 268 g/mol. The summed E-state index contributed by atoms with van der Waals surface area (Å²) in [6.07, 6.45) is 2.19. The average molecular weight is 268 g/mol. The third-order valence-corrected chi connectivity index (χ3v) is 3.90. The lowest BCUT2D eigenvalue weighted by atomic mass is 9.96. The van der Waals surface area contributed by atoms with Crippen molar-refractivity contribution in [2.24, 2.45) is 5.92 Å². The van der Waals surface area contributed by atoms with E-state index >= 15 is 0 Å². The van der Waals surface area contributed by atoms with Gasteiger partial charge in [0, 0.05) is 6.61 Å². The molecule has 0 saturated carbocycles. The smallest absolute Gasteiger partial charge is 0.246 e. The van der Waals surface area contributed by atoms with Gasteiger partial charge in [0.1, 0.15) is 12.1 Å². The molecule has 19 heavy (non-hydrogen) atoms. The molecule has 2 aliphatic heterocycles. The van der Waals surface area contributed by atoms with Gasteiger partial charge in [-0.05, 0) is 25.2 Å². The van der Waals surface area contributed by atoms with Gasteiger partial charge < -0.3 is 15.0 Å². The second-order valence-electron chi connectivity index (χ2n) is 5.88. The van der Waals surface area contributed by atoms with Crippen molar-refractivity contribution in [3.8, 4) is 0 Å². The molecule has 2 heterocycles. The Morgan fingerprint density at radius 1 is 1.42 bits per heavy atom. The Balaban J connectivity index is 2.18. The molecule has 2 aliphatic rings. The fourth-order valence-electron chi connectivity index (χ4n) is 2.98. The highest BCUT2D eigenvalue weighted by Gasteiger charge is 2.43. The molecule has 2 saturated heterocycles. The Morgan fingerprint density at radius 3 is 2.68 bits per heavy atom. The van der Waals surface area contributed by atoms with E-state index in [9.17, 15) is 9.59 Å². The van der Waals surface area contributed by atoms with Gasteiger partial charge in [0.25, 0.3) is 0 Å². The van der Waals surface area contributed by atoms with E-state index in [0.717, 1.165) is 6.42 Å². The first-order valence-corrected chi connectivity index (χ1v) is 7.24. The highest BCUT2D eigenvalue weighted by atomic mass is 16.5. The highest BCUT2D eigenvalue weighted by molar-refractivity contribution is 5.97. The van der Waals surface area contributed by atoms with Crippen molar-refractivity contribution in [1.82, 2.24) is 10.2 Å². The van der Waals surface area contributed by atoms with Crippen LogP contribution in [-0.2, 0) is 14.3 Å². The van der Waals surface area contributed by atoms with Gasteiger partial charge >= 0.3 is 0 Å². The summed E-state index contributed by atoms with van der Waals surface area (Å²) in [5.41, 5.74) is 0. The van der Waals surface area contributed by atoms with Crippen LogP contribution in [0.5, 0.6) is 0 Å². The standard InChI is InChI=1S/C14H24N2O3/c1-4-12-13(17)15-11(7-9(2)3)14(18)16(12)10-5-6-19-8-10/h9-12H,4-8H2,1-3H3,(H,15,17). The fraction of sp³-hybridized carbons (Fsp3) is 0.857. The van der Waals surface area contributed by atoms with Crippen LogP contribution in [0.1, 0.15) is 40.0 Å². The maximum atomic E-state index is 12.6. The number of carbonyl (C=O) groups is 2. The van der Waals surface area contributed by atoms with Gasteiger partial charge in [-0.2, -0.15) is 0 Å². The topological polar surface area (TPSA) is 58.6 Å². The molecule has 2 rings (SSSR count). The summed E-state index contributed by atoms with van der Waals surface area (Å²) in [5, 5.41) is 2.88. The Kier molecular flexibility index (Phi) is 4.45. The minimum absolute atomic E-state index is 0.0142. The van der Waals surface area contributed by atoms with Crippen LogP contribution in [-0.4, -0.2) is 48.1 Å². The summed E-state index contributed by atoms with van der Waals surface area (Å²) in [5.74, 6) is 0.435. The molecular weight excluding hydrogens is 244 g/mol. The van der Waals surface area contributed by atoms with E-state index in [-0.39, 0.29) is 29.9 Å². The Bertz CT molecular complexity index is 351. The van der Waals surface area contributed by atoms with Crippen molar-refractivity contribution in [3.05, 3.63) is 0 Å². The summed E-state index contributed by atoms with van der Waals surface area (Å²) in [7, 11) is 0. The van der Waals surface area contributed by atoms with E-state index in [4.69, 9.17) is 4.74 Å². The van der Waals surface area contributed by atoms with Crippen molar-refractivity contribution >= 4 is 11.8 Å². The molecule has 0 spiro atoms. The number of piperazine rings is 1. The van der Waals surface area contributed by atoms with Crippen molar-refractivity contribution < 1.29 is 14.3 Å². The molecule has 0 aliphatic carbocycles. The molecular formula is C14H24N2O3. The van der Waals surface area contributed by atoms with Crippen LogP contribution in [0.15, 0.2) is 0 Å². The molecule has 0 radical (unpaired) electrons. The second-order valence-corrected chi connectivity index (χ2v) is 5.88. The maximum absolute atomic E-state index is 12.6. The lowest BCUT2D eigenvalue weighted by molar-refractivity contribution is -0.152. The first kappa shape index (κ1) is 14.3. The van der Waals surface area contributed by atoms with Gasteiger partial charge in [0.15, 0.2) is 0 Å². The summed E-state index contributed by atoms with van der Waals surface area (Å²) in [6.45, 7) is 7.32. The Hall–Kier alpha value is -1.10. The second kappa shape index (κ2) is 5.90. The number of hydrogen-bond acceptors (Lipinski definition) is 3. The SMILES string of the molecule is CCC1C(=O)NC(CC(C)C)C(=O)N1C1CCOC1. The van der Waals surface area contributed by atoms with Gasteiger partial charge in [0.05, 0.1) is 12.6 Å². The summed E-state index contributed by atoms with van der Waals surface area (Å²) < 4.78 is 5.38. The summed E-state index contributed by atoms with van der Waals surface area (Å²) in [4.78, 5) is 26.6. The molecule has 0 aromatic heterocycles.